The molecular weight excluding hydrogens is 272 g/mol. The van der Waals surface area contributed by atoms with Crippen LogP contribution in [0.25, 0.3) is 0 Å². The molecule has 0 aliphatic rings. The highest BCUT2D eigenvalue weighted by molar-refractivity contribution is 5.73. The standard InChI is InChI=1S/C16H30O5/c1-2-3-4-5-6-7-8-9-10-11-12-15(18)21-13-14(17)16(19)20/h14,17H,2-13H2,1H3,(H,19,20). The lowest BCUT2D eigenvalue weighted by Crippen LogP contribution is -2.26. The summed E-state index contributed by atoms with van der Waals surface area (Å²) in [5.74, 6) is -1.81. The van der Waals surface area contributed by atoms with Gasteiger partial charge in [-0.05, 0) is 6.42 Å². The third-order valence-electron chi connectivity index (χ3n) is 3.42. The lowest BCUT2D eigenvalue weighted by molar-refractivity contribution is -0.156. The van der Waals surface area contributed by atoms with Crippen LogP contribution >= 0.6 is 0 Å². The van der Waals surface area contributed by atoms with Crippen molar-refractivity contribution in [3.05, 3.63) is 0 Å². The Morgan fingerprint density at radius 2 is 1.38 bits per heavy atom. The Kier molecular flexibility index (Phi) is 13.1. The summed E-state index contributed by atoms with van der Waals surface area (Å²) in [5, 5.41) is 17.4. The van der Waals surface area contributed by atoms with Gasteiger partial charge in [0.25, 0.3) is 0 Å². The van der Waals surface area contributed by atoms with Crippen molar-refractivity contribution in [2.24, 2.45) is 0 Å². The number of aliphatic carboxylic acids is 1. The molecule has 2 N–H and O–H groups in total. The molecule has 0 spiro atoms. The zero-order valence-electron chi connectivity index (χ0n) is 13.2. The number of hydrogen-bond acceptors (Lipinski definition) is 4. The van der Waals surface area contributed by atoms with Crippen LogP contribution in [-0.2, 0) is 14.3 Å². The first-order chi connectivity index (χ1) is 10.1. The molecule has 0 aromatic heterocycles. The summed E-state index contributed by atoms with van der Waals surface area (Å²) in [6, 6.07) is 0. The number of carbonyl (C=O) groups is 2. The minimum atomic E-state index is -1.62. The summed E-state index contributed by atoms with van der Waals surface area (Å²) in [5.41, 5.74) is 0. The van der Waals surface area contributed by atoms with Crippen molar-refractivity contribution < 1.29 is 24.5 Å². The van der Waals surface area contributed by atoms with E-state index in [-0.39, 0.29) is 0 Å². The first-order valence-corrected chi connectivity index (χ1v) is 8.14. The lowest BCUT2D eigenvalue weighted by Gasteiger charge is -2.07. The van der Waals surface area contributed by atoms with E-state index in [0.717, 1.165) is 19.3 Å². The minimum absolute atomic E-state index is 0.294. The van der Waals surface area contributed by atoms with Gasteiger partial charge < -0.3 is 14.9 Å². The molecule has 1 unspecified atom stereocenters. The van der Waals surface area contributed by atoms with Crippen LogP contribution in [0, 0.1) is 0 Å². The van der Waals surface area contributed by atoms with E-state index in [1.807, 2.05) is 0 Å². The van der Waals surface area contributed by atoms with Crippen LogP contribution in [0.15, 0.2) is 0 Å². The van der Waals surface area contributed by atoms with Gasteiger partial charge in [0, 0.05) is 6.42 Å². The first kappa shape index (κ1) is 19.9. The fraction of sp³-hybridized carbons (Fsp3) is 0.875. The topological polar surface area (TPSA) is 83.8 Å². The van der Waals surface area contributed by atoms with E-state index in [1.165, 1.54) is 44.9 Å². The number of unbranched alkanes of at least 4 members (excludes halogenated alkanes) is 9. The third-order valence-corrected chi connectivity index (χ3v) is 3.42. The molecule has 5 heteroatoms. The minimum Gasteiger partial charge on any atom is -0.479 e. The molecule has 0 heterocycles. The van der Waals surface area contributed by atoms with Crippen molar-refractivity contribution in [1.82, 2.24) is 0 Å². The SMILES string of the molecule is CCCCCCCCCCCCC(=O)OCC(O)C(=O)O. The maximum absolute atomic E-state index is 11.3. The van der Waals surface area contributed by atoms with Crippen LogP contribution in [0.5, 0.6) is 0 Å². The quantitative estimate of drug-likeness (QED) is 0.380. The average molecular weight is 302 g/mol. The molecule has 0 rings (SSSR count). The molecule has 0 aliphatic carbocycles. The van der Waals surface area contributed by atoms with Gasteiger partial charge in [-0.1, -0.05) is 64.7 Å². The predicted octanol–water partition coefficient (Wildman–Crippen LogP) is 3.29. The van der Waals surface area contributed by atoms with Crippen molar-refractivity contribution in [3.8, 4) is 0 Å². The molecule has 0 aromatic rings. The fourth-order valence-corrected chi connectivity index (χ4v) is 2.07. The number of carboxylic acid groups (broad SMARTS) is 1. The van der Waals surface area contributed by atoms with Crippen molar-refractivity contribution in [1.29, 1.82) is 0 Å². The van der Waals surface area contributed by atoms with E-state index in [2.05, 4.69) is 11.7 Å². The van der Waals surface area contributed by atoms with E-state index in [0.29, 0.717) is 6.42 Å². The van der Waals surface area contributed by atoms with Crippen molar-refractivity contribution in [2.75, 3.05) is 6.61 Å². The number of carbonyl (C=O) groups excluding carboxylic acids is 1. The average Bonchev–Trinajstić information content (AvgIpc) is 2.46. The van der Waals surface area contributed by atoms with Gasteiger partial charge in [-0.3, -0.25) is 4.79 Å². The second-order valence-corrected chi connectivity index (χ2v) is 5.47. The summed E-state index contributed by atoms with van der Waals surface area (Å²) < 4.78 is 4.68. The van der Waals surface area contributed by atoms with Gasteiger partial charge in [-0.2, -0.15) is 0 Å². The summed E-state index contributed by atoms with van der Waals surface area (Å²) in [7, 11) is 0. The number of hydrogen-bond donors (Lipinski definition) is 2. The summed E-state index contributed by atoms with van der Waals surface area (Å²) in [6.45, 7) is 1.75. The molecule has 0 aromatic carbocycles. The van der Waals surface area contributed by atoms with E-state index in [4.69, 9.17) is 10.2 Å². The zero-order valence-corrected chi connectivity index (χ0v) is 13.2. The number of esters is 1. The van der Waals surface area contributed by atoms with Gasteiger partial charge in [-0.15, -0.1) is 0 Å². The molecule has 0 aliphatic heterocycles. The van der Waals surface area contributed by atoms with Gasteiger partial charge >= 0.3 is 11.9 Å². The Morgan fingerprint density at radius 1 is 0.905 bits per heavy atom. The number of aliphatic hydroxyl groups is 1. The number of ether oxygens (including phenoxy) is 1. The largest absolute Gasteiger partial charge is 0.479 e. The first-order valence-electron chi connectivity index (χ1n) is 8.14. The van der Waals surface area contributed by atoms with Gasteiger partial charge in [0.2, 0.25) is 0 Å². The molecule has 21 heavy (non-hydrogen) atoms. The Balaban J connectivity index is 3.27. The molecule has 0 bridgehead atoms. The molecule has 5 nitrogen and oxygen atoms in total. The second kappa shape index (κ2) is 13.9. The van der Waals surface area contributed by atoms with E-state index >= 15 is 0 Å². The van der Waals surface area contributed by atoms with Gasteiger partial charge in [0.05, 0.1) is 0 Å². The normalized spacial score (nSPS) is 12.1. The lowest BCUT2D eigenvalue weighted by atomic mass is 10.1. The Bertz CT molecular complexity index is 278. The maximum atomic E-state index is 11.3. The highest BCUT2D eigenvalue weighted by Gasteiger charge is 2.15. The second-order valence-electron chi connectivity index (χ2n) is 5.47. The number of aliphatic hydroxyl groups excluding tert-OH is 1. The summed E-state index contributed by atoms with van der Waals surface area (Å²) in [6.07, 6.45) is 10.6. The van der Waals surface area contributed by atoms with Crippen molar-refractivity contribution in [2.45, 2.75) is 83.7 Å². The van der Waals surface area contributed by atoms with Crippen LogP contribution < -0.4 is 0 Å². The predicted molar refractivity (Wildman–Crippen MR) is 81.1 cm³/mol. The number of rotatable bonds is 14. The van der Waals surface area contributed by atoms with Crippen molar-refractivity contribution >= 4 is 11.9 Å². The molecule has 0 saturated heterocycles. The van der Waals surface area contributed by atoms with Crippen LogP contribution in [0.4, 0.5) is 0 Å². The Labute approximate surface area is 127 Å². The zero-order chi connectivity index (χ0) is 15.9. The van der Waals surface area contributed by atoms with Crippen LogP contribution in [0.1, 0.15) is 77.6 Å². The smallest absolute Gasteiger partial charge is 0.336 e. The monoisotopic (exact) mass is 302 g/mol. The van der Waals surface area contributed by atoms with Crippen LogP contribution in [0.3, 0.4) is 0 Å². The molecular formula is C16H30O5. The third kappa shape index (κ3) is 13.6. The van der Waals surface area contributed by atoms with Gasteiger partial charge in [-0.25, -0.2) is 4.79 Å². The Morgan fingerprint density at radius 3 is 1.86 bits per heavy atom. The molecule has 0 radical (unpaired) electrons. The number of carboxylic acids is 1. The molecule has 0 fully saturated rings. The molecule has 1 atom stereocenters. The van der Waals surface area contributed by atoms with Gasteiger partial charge in [0.15, 0.2) is 6.10 Å². The summed E-state index contributed by atoms with van der Waals surface area (Å²) in [4.78, 5) is 21.6. The highest BCUT2D eigenvalue weighted by atomic mass is 16.5. The maximum Gasteiger partial charge on any atom is 0.336 e. The van der Waals surface area contributed by atoms with E-state index in [9.17, 15) is 9.59 Å². The Hall–Kier alpha value is -1.10. The highest BCUT2D eigenvalue weighted by Crippen LogP contribution is 2.11. The van der Waals surface area contributed by atoms with E-state index in [1.54, 1.807) is 0 Å². The van der Waals surface area contributed by atoms with Crippen LogP contribution in [0.2, 0.25) is 0 Å². The fourth-order valence-electron chi connectivity index (χ4n) is 2.07. The van der Waals surface area contributed by atoms with E-state index < -0.39 is 24.6 Å². The summed E-state index contributed by atoms with van der Waals surface area (Å²) >= 11 is 0. The molecule has 0 amide bonds. The van der Waals surface area contributed by atoms with Crippen LogP contribution in [-0.4, -0.2) is 34.9 Å². The molecule has 124 valence electrons. The molecule has 0 saturated carbocycles. The van der Waals surface area contributed by atoms with Crippen molar-refractivity contribution in [3.63, 3.8) is 0 Å². The van der Waals surface area contributed by atoms with Gasteiger partial charge in [0.1, 0.15) is 6.61 Å².